The first-order valence-corrected chi connectivity index (χ1v) is 4.44. The smallest absolute Gasteiger partial charge is 0.204 e. The molecule has 1 rings (SSSR count). The van der Waals surface area contributed by atoms with E-state index in [0.717, 1.165) is 5.69 Å². The van der Waals surface area contributed by atoms with Gasteiger partial charge < -0.3 is 4.90 Å². The number of anilines is 1. The lowest BCUT2D eigenvalue weighted by atomic mass is 10.2. The van der Waals surface area contributed by atoms with Crippen molar-refractivity contribution in [2.24, 2.45) is 0 Å². The van der Waals surface area contributed by atoms with Crippen LogP contribution < -0.4 is 4.90 Å². The highest BCUT2D eigenvalue weighted by Gasteiger charge is 2.15. The van der Waals surface area contributed by atoms with Gasteiger partial charge in [-0.3, -0.25) is 0 Å². The molecule has 1 aromatic rings. The van der Waals surface area contributed by atoms with Crippen molar-refractivity contribution in [2.45, 2.75) is 13.0 Å². The molecule has 0 fully saturated rings. The minimum Gasteiger partial charge on any atom is -0.344 e. The topological polar surface area (TPSA) is 50.8 Å². The van der Waals surface area contributed by atoms with Crippen molar-refractivity contribution in [2.75, 3.05) is 11.4 Å². The summed E-state index contributed by atoms with van der Waals surface area (Å²) < 4.78 is 0. The Morgan fingerprint density at radius 1 is 1.21 bits per heavy atom. The van der Waals surface area contributed by atoms with Crippen LogP contribution in [0.2, 0.25) is 0 Å². The molecule has 70 valence electrons. The van der Waals surface area contributed by atoms with Gasteiger partial charge in [-0.2, -0.15) is 10.5 Å². The van der Waals surface area contributed by atoms with Crippen LogP contribution in [0.3, 0.4) is 0 Å². The molecule has 0 spiro atoms. The number of nitriles is 2. The maximum Gasteiger partial charge on any atom is 0.204 e. The maximum absolute atomic E-state index is 8.77. The van der Waals surface area contributed by atoms with Crippen molar-refractivity contribution in [3.63, 3.8) is 0 Å². The summed E-state index contributed by atoms with van der Waals surface area (Å²) in [6, 6.07) is 12.7. The van der Waals surface area contributed by atoms with Crippen LogP contribution in [0.15, 0.2) is 30.3 Å². The molecular formula is C11H11N3. The van der Waals surface area contributed by atoms with Gasteiger partial charge in [0.2, 0.25) is 6.04 Å². The van der Waals surface area contributed by atoms with Gasteiger partial charge in [-0.1, -0.05) is 18.2 Å². The van der Waals surface area contributed by atoms with Crippen molar-refractivity contribution < 1.29 is 0 Å². The third kappa shape index (κ3) is 2.02. The molecule has 0 aromatic heterocycles. The molecule has 0 unspecified atom stereocenters. The fourth-order valence-electron chi connectivity index (χ4n) is 1.30. The van der Waals surface area contributed by atoms with E-state index in [4.69, 9.17) is 10.5 Å². The number of nitrogens with zero attached hydrogens (tertiary/aromatic N) is 3. The Kier molecular flexibility index (Phi) is 3.52. The lowest BCUT2D eigenvalue weighted by Crippen LogP contribution is -2.32. The Balaban J connectivity index is 2.95. The van der Waals surface area contributed by atoms with Crippen LogP contribution in [-0.4, -0.2) is 12.6 Å². The molecule has 0 heterocycles. The first-order chi connectivity index (χ1) is 6.83. The molecule has 0 saturated carbocycles. The standard InChI is InChI=1S/C11H11N3/c1-2-14(11(8-12)9-13)10-6-4-3-5-7-10/h3-7,11H,2H2,1H3. The van der Waals surface area contributed by atoms with Crippen molar-refractivity contribution in [1.29, 1.82) is 10.5 Å². The van der Waals surface area contributed by atoms with E-state index >= 15 is 0 Å². The van der Waals surface area contributed by atoms with E-state index in [9.17, 15) is 0 Å². The van der Waals surface area contributed by atoms with Gasteiger partial charge >= 0.3 is 0 Å². The summed E-state index contributed by atoms with van der Waals surface area (Å²) in [6.07, 6.45) is 0. The summed E-state index contributed by atoms with van der Waals surface area (Å²) in [5.41, 5.74) is 0.906. The van der Waals surface area contributed by atoms with E-state index in [-0.39, 0.29) is 0 Å². The number of hydrogen-bond donors (Lipinski definition) is 0. The van der Waals surface area contributed by atoms with E-state index in [1.807, 2.05) is 49.4 Å². The molecular weight excluding hydrogens is 174 g/mol. The second kappa shape index (κ2) is 4.89. The van der Waals surface area contributed by atoms with Gasteiger partial charge in [-0.15, -0.1) is 0 Å². The summed E-state index contributed by atoms with van der Waals surface area (Å²) in [5.74, 6) is 0. The molecule has 0 aliphatic heterocycles. The normalized spacial score (nSPS) is 9.14. The molecule has 0 N–H and O–H groups in total. The van der Waals surface area contributed by atoms with E-state index in [2.05, 4.69) is 0 Å². The lowest BCUT2D eigenvalue weighted by Gasteiger charge is -2.23. The predicted molar refractivity (Wildman–Crippen MR) is 54.5 cm³/mol. The van der Waals surface area contributed by atoms with Crippen molar-refractivity contribution >= 4 is 5.69 Å². The third-order valence-electron chi connectivity index (χ3n) is 1.98. The van der Waals surface area contributed by atoms with E-state index in [1.165, 1.54) is 0 Å². The Morgan fingerprint density at radius 2 is 1.79 bits per heavy atom. The van der Waals surface area contributed by atoms with Gasteiger partial charge in [-0.05, 0) is 19.1 Å². The largest absolute Gasteiger partial charge is 0.344 e. The first kappa shape index (κ1) is 10.1. The summed E-state index contributed by atoms with van der Waals surface area (Å²) in [6.45, 7) is 2.57. The van der Waals surface area contributed by atoms with E-state index in [0.29, 0.717) is 6.54 Å². The second-order valence-electron chi connectivity index (χ2n) is 2.78. The fourth-order valence-corrected chi connectivity index (χ4v) is 1.30. The average Bonchev–Trinajstić information content (AvgIpc) is 2.27. The Bertz CT molecular complexity index is 344. The van der Waals surface area contributed by atoms with Crippen LogP contribution in [0.5, 0.6) is 0 Å². The monoisotopic (exact) mass is 185 g/mol. The SMILES string of the molecule is CCN(c1ccccc1)C(C#N)C#N. The van der Waals surface area contributed by atoms with Gasteiger partial charge in [0.15, 0.2) is 0 Å². The van der Waals surface area contributed by atoms with Gasteiger partial charge in [0, 0.05) is 12.2 Å². The van der Waals surface area contributed by atoms with Gasteiger partial charge in [-0.25, -0.2) is 0 Å². The summed E-state index contributed by atoms with van der Waals surface area (Å²) in [7, 11) is 0. The highest BCUT2D eigenvalue weighted by molar-refractivity contribution is 5.50. The summed E-state index contributed by atoms with van der Waals surface area (Å²) in [5, 5.41) is 17.5. The molecule has 3 nitrogen and oxygen atoms in total. The first-order valence-electron chi connectivity index (χ1n) is 4.44. The van der Waals surface area contributed by atoms with Crippen LogP contribution >= 0.6 is 0 Å². The van der Waals surface area contributed by atoms with Gasteiger partial charge in [0.05, 0.1) is 0 Å². The molecule has 0 radical (unpaired) electrons. The second-order valence-corrected chi connectivity index (χ2v) is 2.78. The van der Waals surface area contributed by atoms with E-state index < -0.39 is 6.04 Å². The summed E-state index contributed by atoms with van der Waals surface area (Å²) in [4.78, 5) is 1.76. The molecule has 0 aliphatic rings. The fraction of sp³-hybridized carbons (Fsp3) is 0.273. The number of benzene rings is 1. The predicted octanol–water partition coefficient (Wildman–Crippen LogP) is 1.93. The minimum absolute atomic E-state index is 0.649. The van der Waals surface area contributed by atoms with Crippen LogP contribution in [0.25, 0.3) is 0 Å². The zero-order valence-corrected chi connectivity index (χ0v) is 8.01. The van der Waals surface area contributed by atoms with Crippen LogP contribution in [0.1, 0.15) is 6.92 Å². The average molecular weight is 185 g/mol. The van der Waals surface area contributed by atoms with Crippen LogP contribution in [0.4, 0.5) is 5.69 Å². The zero-order valence-electron chi connectivity index (χ0n) is 8.01. The van der Waals surface area contributed by atoms with Crippen molar-refractivity contribution in [3.05, 3.63) is 30.3 Å². The minimum atomic E-state index is -0.706. The van der Waals surface area contributed by atoms with Crippen molar-refractivity contribution in [1.82, 2.24) is 0 Å². The quantitative estimate of drug-likeness (QED) is 0.723. The molecule has 0 amide bonds. The molecule has 0 saturated heterocycles. The summed E-state index contributed by atoms with van der Waals surface area (Å²) >= 11 is 0. The zero-order chi connectivity index (χ0) is 10.4. The molecule has 0 aliphatic carbocycles. The van der Waals surface area contributed by atoms with Gasteiger partial charge in [0.1, 0.15) is 12.1 Å². The molecule has 0 bridgehead atoms. The molecule has 0 atom stereocenters. The number of para-hydroxylation sites is 1. The number of rotatable bonds is 3. The van der Waals surface area contributed by atoms with Crippen molar-refractivity contribution in [3.8, 4) is 12.1 Å². The Hall–Kier alpha value is -2.00. The molecule has 14 heavy (non-hydrogen) atoms. The highest BCUT2D eigenvalue weighted by atomic mass is 15.1. The number of hydrogen-bond acceptors (Lipinski definition) is 3. The lowest BCUT2D eigenvalue weighted by molar-refractivity contribution is 0.827. The maximum atomic E-state index is 8.77. The molecule has 1 aromatic carbocycles. The van der Waals surface area contributed by atoms with E-state index in [1.54, 1.807) is 4.90 Å². The van der Waals surface area contributed by atoms with Crippen LogP contribution in [-0.2, 0) is 0 Å². The highest BCUT2D eigenvalue weighted by Crippen LogP contribution is 2.15. The third-order valence-corrected chi connectivity index (χ3v) is 1.98. The Labute approximate surface area is 83.8 Å². The molecule has 3 heteroatoms. The van der Waals surface area contributed by atoms with Gasteiger partial charge in [0.25, 0.3) is 0 Å². The van der Waals surface area contributed by atoms with Crippen LogP contribution in [0, 0.1) is 22.7 Å². The Morgan fingerprint density at radius 3 is 2.21 bits per heavy atom.